The lowest BCUT2D eigenvalue weighted by Gasteiger charge is -2.07. The smallest absolute Gasteiger partial charge is 0.349 e. The molecule has 3 rings (SSSR count). The van der Waals surface area contributed by atoms with E-state index in [1.165, 1.54) is 32.4 Å². The van der Waals surface area contributed by atoms with Gasteiger partial charge in [-0.1, -0.05) is 6.07 Å². The number of nitrogens with one attached hydrogen (secondary N) is 1. The van der Waals surface area contributed by atoms with Crippen molar-refractivity contribution in [3.05, 3.63) is 70.1 Å². The highest BCUT2D eigenvalue weighted by Crippen LogP contribution is 2.28. The third kappa shape index (κ3) is 5.11. The molecule has 1 amide bonds. The van der Waals surface area contributed by atoms with E-state index in [1.807, 2.05) is 0 Å². The molecule has 0 radical (unpaired) electrons. The number of carbonyl (C=O) groups is 2. The van der Waals surface area contributed by atoms with E-state index in [9.17, 15) is 14.4 Å². The van der Waals surface area contributed by atoms with Crippen molar-refractivity contribution in [2.24, 2.45) is 0 Å². The van der Waals surface area contributed by atoms with Gasteiger partial charge in [0.15, 0.2) is 11.5 Å². The Bertz CT molecular complexity index is 1210. The zero-order chi connectivity index (χ0) is 22.4. The molecule has 3 aromatic rings. The van der Waals surface area contributed by atoms with Crippen molar-refractivity contribution in [1.29, 1.82) is 0 Å². The first-order valence-electron chi connectivity index (χ1n) is 9.43. The summed E-state index contributed by atoms with van der Waals surface area (Å²) in [6.45, 7) is 2.14. The summed E-state index contributed by atoms with van der Waals surface area (Å²) in [5.41, 5.74) is 0.0661. The molecule has 0 aliphatic heterocycles. The van der Waals surface area contributed by atoms with Crippen LogP contribution >= 0.6 is 0 Å². The SMILES string of the molecule is CCNC(=O)c1cc2ccc(OC(=O)/C=C/c3ccc(OC)c(OC)c3)cc2oc1=O. The summed E-state index contributed by atoms with van der Waals surface area (Å²) in [5.74, 6) is 0.192. The monoisotopic (exact) mass is 423 g/mol. The number of hydrogen-bond donors (Lipinski definition) is 1. The number of fused-ring (bicyclic) bond motifs is 1. The van der Waals surface area contributed by atoms with Crippen LogP contribution in [-0.4, -0.2) is 32.6 Å². The average Bonchev–Trinajstić information content (AvgIpc) is 2.77. The van der Waals surface area contributed by atoms with E-state index < -0.39 is 17.5 Å². The van der Waals surface area contributed by atoms with Gasteiger partial charge in [-0.05, 0) is 48.9 Å². The second-order valence-electron chi connectivity index (χ2n) is 6.38. The lowest BCUT2D eigenvalue weighted by molar-refractivity contribution is -0.128. The molecule has 0 fully saturated rings. The second-order valence-corrected chi connectivity index (χ2v) is 6.38. The van der Waals surface area contributed by atoms with Gasteiger partial charge in [0.1, 0.15) is 16.9 Å². The van der Waals surface area contributed by atoms with E-state index >= 15 is 0 Å². The van der Waals surface area contributed by atoms with E-state index in [1.54, 1.807) is 43.3 Å². The second kappa shape index (κ2) is 9.62. The quantitative estimate of drug-likeness (QED) is 0.269. The van der Waals surface area contributed by atoms with Gasteiger partial charge in [-0.15, -0.1) is 0 Å². The Labute approximate surface area is 178 Å². The van der Waals surface area contributed by atoms with Crippen LogP contribution in [0.2, 0.25) is 0 Å². The van der Waals surface area contributed by atoms with Gasteiger partial charge in [0.2, 0.25) is 0 Å². The lowest BCUT2D eigenvalue weighted by Crippen LogP contribution is -2.27. The molecule has 2 aromatic carbocycles. The van der Waals surface area contributed by atoms with E-state index in [-0.39, 0.29) is 16.9 Å². The van der Waals surface area contributed by atoms with Gasteiger partial charge >= 0.3 is 11.6 Å². The van der Waals surface area contributed by atoms with E-state index in [0.29, 0.717) is 23.4 Å². The molecule has 8 heteroatoms. The van der Waals surface area contributed by atoms with Gasteiger partial charge in [0.25, 0.3) is 5.91 Å². The fourth-order valence-electron chi connectivity index (χ4n) is 2.84. The fraction of sp³-hybridized carbons (Fsp3) is 0.174. The summed E-state index contributed by atoms with van der Waals surface area (Å²) >= 11 is 0. The lowest BCUT2D eigenvalue weighted by atomic mass is 10.1. The average molecular weight is 423 g/mol. The first-order valence-corrected chi connectivity index (χ1v) is 9.43. The Morgan fingerprint density at radius 3 is 2.52 bits per heavy atom. The van der Waals surface area contributed by atoms with Gasteiger partial charge in [-0.25, -0.2) is 9.59 Å². The standard InChI is InChI=1S/C23H21NO7/c1-4-24-22(26)17-12-15-7-8-16(13-19(15)31-23(17)27)30-21(25)10-6-14-5-9-18(28-2)20(11-14)29-3/h5-13H,4H2,1-3H3,(H,24,26)/b10-6+. The topological polar surface area (TPSA) is 104 Å². The Kier molecular flexibility index (Phi) is 6.71. The highest BCUT2D eigenvalue weighted by atomic mass is 16.5. The fourth-order valence-corrected chi connectivity index (χ4v) is 2.84. The molecule has 31 heavy (non-hydrogen) atoms. The normalized spacial score (nSPS) is 10.8. The van der Waals surface area contributed by atoms with Crippen LogP contribution in [0.25, 0.3) is 17.0 Å². The van der Waals surface area contributed by atoms with Crippen LogP contribution in [0.1, 0.15) is 22.8 Å². The molecular formula is C23H21NO7. The number of carbonyl (C=O) groups excluding carboxylic acids is 2. The summed E-state index contributed by atoms with van der Waals surface area (Å²) in [6.07, 6.45) is 2.84. The maximum atomic E-state index is 12.2. The first kappa shape index (κ1) is 21.6. The van der Waals surface area contributed by atoms with Gasteiger partial charge in [-0.2, -0.15) is 0 Å². The van der Waals surface area contributed by atoms with Crippen molar-refractivity contribution in [3.8, 4) is 17.2 Å². The van der Waals surface area contributed by atoms with Crippen LogP contribution < -0.4 is 25.2 Å². The third-order valence-electron chi connectivity index (χ3n) is 4.33. The molecule has 0 saturated carbocycles. The summed E-state index contributed by atoms with van der Waals surface area (Å²) in [6, 6.07) is 11.2. The van der Waals surface area contributed by atoms with Gasteiger partial charge in [-0.3, -0.25) is 4.79 Å². The van der Waals surface area contributed by atoms with E-state index in [4.69, 9.17) is 18.6 Å². The third-order valence-corrected chi connectivity index (χ3v) is 4.33. The number of rotatable bonds is 7. The van der Waals surface area contributed by atoms with Crippen LogP contribution in [0.5, 0.6) is 17.2 Å². The highest BCUT2D eigenvalue weighted by Gasteiger charge is 2.13. The summed E-state index contributed by atoms with van der Waals surface area (Å²) in [4.78, 5) is 36.2. The van der Waals surface area contributed by atoms with Crippen molar-refractivity contribution in [2.45, 2.75) is 6.92 Å². The van der Waals surface area contributed by atoms with Gasteiger partial charge in [0, 0.05) is 24.1 Å². The molecule has 0 atom stereocenters. The maximum Gasteiger partial charge on any atom is 0.349 e. The molecule has 1 aromatic heterocycles. The number of benzene rings is 2. The number of amides is 1. The van der Waals surface area contributed by atoms with Crippen LogP contribution in [0, 0.1) is 0 Å². The predicted octanol–water partition coefficient (Wildman–Crippen LogP) is 3.18. The van der Waals surface area contributed by atoms with Crippen LogP contribution in [0.15, 0.2) is 57.8 Å². The van der Waals surface area contributed by atoms with E-state index in [0.717, 1.165) is 5.56 Å². The first-order chi connectivity index (χ1) is 14.9. The predicted molar refractivity (Wildman–Crippen MR) is 115 cm³/mol. The zero-order valence-electron chi connectivity index (χ0n) is 17.3. The van der Waals surface area contributed by atoms with E-state index in [2.05, 4.69) is 5.32 Å². The van der Waals surface area contributed by atoms with Crippen LogP contribution in [-0.2, 0) is 4.79 Å². The molecule has 0 bridgehead atoms. The molecule has 0 aliphatic rings. The number of hydrogen-bond acceptors (Lipinski definition) is 7. The molecule has 0 spiro atoms. The van der Waals surface area contributed by atoms with Gasteiger partial charge in [0.05, 0.1) is 14.2 Å². The van der Waals surface area contributed by atoms with Crippen LogP contribution in [0.4, 0.5) is 0 Å². The van der Waals surface area contributed by atoms with Gasteiger partial charge < -0.3 is 23.9 Å². The minimum Gasteiger partial charge on any atom is -0.493 e. The molecular weight excluding hydrogens is 402 g/mol. The molecule has 160 valence electrons. The molecule has 1 heterocycles. The molecule has 1 N–H and O–H groups in total. The Morgan fingerprint density at radius 1 is 1.03 bits per heavy atom. The van der Waals surface area contributed by atoms with Crippen LogP contribution in [0.3, 0.4) is 0 Å². The maximum absolute atomic E-state index is 12.2. The Morgan fingerprint density at radius 2 is 1.81 bits per heavy atom. The molecule has 8 nitrogen and oxygen atoms in total. The largest absolute Gasteiger partial charge is 0.493 e. The van der Waals surface area contributed by atoms with Crippen molar-refractivity contribution < 1.29 is 28.2 Å². The number of esters is 1. The summed E-state index contributed by atoms with van der Waals surface area (Å²) < 4.78 is 20.9. The minimum absolute atomic E-state index is 0.0862. The Hall–Kier alpha value is -4.07. The highest BCUT2D eigenvalue weighted by molar-refractivity contribution is 5.97. The van der Waals surface area contributed by atoms with Crippen molar-refractivity contribution in [2.75, 3.05) is 20.8 Å². The molecule has 0 aliphatic carbocycles. The molecule has 0 unspecified atom stereocenters. The van der Waals surface area contributed by atoms with Crippen molar-refractivity contribution in [1.82, 2.24) is 5.32 Å². The Balaban J connectivity index is 1.76. The van der Waals surface area contributed by atoms with Crippen molar-refractivity contribution >= 4 is 28.9 Å². The van der Waals surface area contributed by atoms with Crippen molar-refractivity contribution in [3.63, 3.8) is 0 Å². The summed E-state index contributed by atoms with van der Waals surface area (Å²) in [7, 11) is 3.06. The zero-order valence-corrected chi connectivity index (χ0v) is 17.3. The minimum atomic E-state index is -0.768. The molecule has 0 saturated heterocycles. The number of ether oxygens (including phenoxy) is 3. The number of methoxy groups -OCH3 is 2. The summed E-state index contributed by atoms with van der Waals surface area (Å²) in [5, 5.41) is 3.08.